The molecule has 3 rings (SSSR count). The summed E-state index contributed by atoms with van der Waals surface area (Å²) in [5.74, 6) is 0.937. The van der Waals surface area contributed by atoms with Gasteiger partial charge in [-0.25, -0.2) is 0 Å². The molecule has 1 saturated carbocycles. The van der Waals surface area contributed by atoms with E-state index in [4.69, 9.17) is 0 Å². The Kier molecular flexibility index (Phi) is 4.05. The molecule has 1 fully saturated rings. The van der Waals surface area contributed by atoms with Gasteiger partial charge in [-0.3, -0.25) is 4.79 Å². The van der Waals surface area contributed by atoms with Crippen molar-refractivity contribution in [3.63, 3.8) is 0 Å². The topological polar surface area (TPSA) is 37.3 Å². The maximum Gasteiger partial charge on any atom is 0.151 e. The van der Waals surface area contributed by atoms with Crippen LogP contribution in [-0.4, -0.2) is 21.7 Å². The normalized spacial score (nSPS) is 26.2. The van der Waals surface area contributed by atoms with Crippen LogP contribution in [0.2, 0.25) is 0 Å². The van der Waals surface area contributed by atoms with Gasteiger partial charge in [0.25, 0.3) is 0 Å². The number of benzene rings is 2. The molecular weight excluding hydrogens is 280 g/mol. The zero-order valence-corrected chi connectivity index (χ0v) is 13.0. The van der Waals surface area contributed by atoms with Gasteiger partial charge in [-0.05, 0) is 36.1 Å². The lowest BCUT2D eigenvalue weighted by Crippen LogP contribution is -2.47. The molecule has 0 aromatic heterocycles. The first-order chi connectivity index (χ1) is 10.1. The number of Topliss-reactive ketones (excluding diaryl/α,β-unsaturated/α-hetero) is 1. The van der Waals surface area contributed by atoms with Crippen LogP contribution in [0.1, 0.15) is 31.7 Å². The highest BCUT2D eigenvalue weighted by molar-refractivity contribution is 8.00. The number of thioether (sulfide) groups is 1. The van der Waals surface area contributed by atoms with Crippen LogP contribution in [0, 0.1) is 0 Å². The van der Waals surface area contributed by atoms with Crippen molar-refractivity contribution in [2.24, 2.45) is 0 Å². The fourth-order valence-electron chi connectivity index (χ4n) is 2.99. The maximum absolute atomic E-state index is 12.2. The minimum atomic E-state index is -0.658. The molecule has 1 aliphatic rings. The van der Waals surface area contributed by atoms with Gasteiger partial charge in [-0.1, -0.05) is 42.5 Å². The molecule has 2 unspecified atom stereocenters. The molecule has 0 bridgehead atoms. The van der Waals surface area contributed by atoms with Crippen molar-refractivity contribution in [2.75, 3.05) is 0 Å². The van der Waals surface area contributed by atoms with E-state index in [1.54, 1.807) is 11.8 Å². The lowest BCUT2D eigenvalue weighted by atomic mass is 9.86. The van der Waals surface area contributed by atoms with Crippen LogP contribution in [0.5, 0.6) is 0 Å². The molecule has 0 radical (unpaired) electrons. The van der Waals surface area contributed by atoms with Gasteiger partial charge in [-0.2, -0.15) is 0 Å². The van der Waals surface area contributed by atoms with Gasteiger partial charge >= 0.3 is 0 Å². The van der Waals surface area contributed by atoms with E-state index >= 15 is 0 Å². The van der Waals surface area contributed by atoms with E-state index in [2.05, 4.69) is 30.3 Å². The van der Waals surface area contributed by atoms with Gasteiger partial charge in [0.05, 0.1) is 10.9 Å². The number of hydrogen-bond donors (Lipinski definition) is 1. The summed E-state index contributed by atoms with van der Waals surface area (Å²) in [6, 6.07) is 14.6. The number of carbonyl (C=O) groups is 1. The summed E-state index contributed by atoms with van der Waals surface area (Å²) >= 11 is 1.58. The highest BCUT2D eigenvalue weighted by atomic mass is 32.2. The molecule has 1 aliphatic carbocycles. The van der Waals surface area contributed by atoms with Crippen LogP contribution < -0.4 is 0 Å². The molecule has 0 heterocycles. The Morgan fingerprint density at radius 2 is 2.00 bits per heavy atom. The van der Waals surface area contributed by atoms with Crippen molar-refractivity contribution < 1.29 is 9.90 Å². The second kappa shape index (κ2) is 5.82. The van der Waals surface area contributed by atoms with Crippen LogP contribution in [0.4, 0.5) is 0 Å². The second-order valence-corrected chi connectivity index (χ2v) is 7.29. The average molecular weight is 300 g/mol. The van der Waals surface area contributed by atoms with E-state index < -0.39 is 10.9 Å². The summed E-state index contributed by atoms with van der Waals surface area (Å²) in [6.45, 7) is 1.90. The molecule has 2 aromatic rings. The number of aliphatic hydroxyl groups is 1. The van der Waals surface area contributed by atoms with E-state index in [1.165, 1.54) is 16.3 Å². The Bertz CT molecular complexity index is 662. The molecule has 3 heteroatoms. The quantitative estimate of drug-likeness (QED) is 0.932. The van der Waals surface area contributed by atoms with Crippen LogP contribution in [-0.2, 0) is 10.5 Å². The summed E-state index contributed by atoms with van der Waals surface area (Å²) in [6.07, 6.45) is 1.60. The van der Waals surface area contributed by atoms with E-state index in [9.17, 15) is 9.90 Å². The smallest absolute Gasteiger partial charge is 0.151 e. The summed E-state index contributed by atoms with van der Waals surface area (Å²) in [5.41, 5.74) is 1.23. The highest BCUT2D eigenvalue weighted by Gasteiger charge is 2.42. The van der Waals surface area contributed by atoms with Crippen molar-refractivity contribution in [1.82, 2.24) is 0 Å². The minimum absolute atomic E-state index is 0.187. The molecule has 0 saturated heterocycles. The molecule has 0 aliphatic heterocycles. The number of aliphatic hydroxyl groups excluding tert-OH is 1. The van der Waals surface area contributed by atoms with Crippen molar-refractivity contribution in [3.05, 3.63) is 48.0 Å². The minimum Gasteiger partial charge on any atom is -0.391 e. The summed E-state index contributed by atoms with van der Waals surface area (Å²) in [5, 5.41) is 12.7. The van der Waals surface area contributed by atoms with E-state index in [0.717, 1.165) is 18.6 Å². The van der Waals surface area contributed by atoms with Crippen LogP contribution >= 0.6 is 11.8 Å². The van der Waals surface area contributed by atoms with E-state index in [-0.39, 0.29) is 5.78 Å². The summed E-state index contributed by atoms with van der Waals surface area (Å²) in [7, 11) is 0. The Balaban J connectivity index is 1.84. The number of ketones is 1. The fraction of sp³-hybridized carbons (Fsp3) is 0.389. The third-order valence-electron chi connectivity index (χ3n) is 4.48. The van der Waals surface area contributed by atoms with Crippen LogP contribution in [0.15, 0.2) is 42.5 Å². The van der Waals surface area contributed by atoms with E-state index in [0.29, 0.717) is 6.42 Å². The van der Waals surface area contributed by atoms with Crippen LogP contribution in [0.3, 0.4) is 0 Å². The van der Waals surface area contributed by atoms with Crippen molar-refractivity contribution in [1.29, 1.82) is 0 Å². The number of hydrogen-bond acceptors (Lipinski definition) is 3. The Labute approximate surface area is 129 Å². The lowest BCUT2D eigenvalue weighted by molar-refractivity contribution is -0.126. The van der Waals surface area contributed by atoms with Gasteiger partial charge in [0, 0.05) is 12.2 Å². The Morgan fingerprint density at radius 3 is 2.81 bits per heavy atom. The monoisotopic (exact) mass is 300 g/mol. The maximum atomic E-state index is 12.2. The first kappa shape index (κ1) is 14.6. The Hall–Kier alpha value is -1.32. The molecule has 0 spiro atoms. The second-order valence-electron chi connectivity index (χ2n) is 5.87. The van der Waals surface area contributed by atoms with Gasteiger partial charge in [0.2, 0.25) is 0 Å². The first-order valence-corrected chi connectivity index (χ1v) is 8.42. The molecule has 110 valence electrons. The van der Waals surface area contributed by atoms with Crippen LogP contribution in [0.25, 0.3) is 10.8 Å². The van der Waals surface area contributed by atoms with Gasteiger partial charge in [0.1, 0.15) is 0 Å². The first-order valence-electron chi connectivity index (χ1n) is 7.43. The fourth-order valence-corrected chi connectivity index (χ4v) is 4.27. The number of fused-ring (bicyclic) bond motifs is 1. The van der Waals surface area contributed by atoms with Gasteiger partial charge in [0.15, 0.2) is 5.78 Å². The van der Waals surface area contributed by atoms with Gasteiger partial charge < -0.3 is 5.11 Å². The zero-order valence-electron chi connectivity index (χ0n) is 12.2. The molecular formula is C18H20O2S. The average Bonchev–Trinajstić information content (AvgIpc) is 2.51. The number of rotatable bonds is 3. The predicted octanol–water partition coefficient (Wildman–Crippen LogP) is 3.95. The molecule has 2 atom stereocenters. The summed E-state index contributed by atoms with van der Waals surface area (Å²) < 4.78 is -0.658. The van der Waals surface area contributed by atoms with Crippen molar-refractivity contribution in [3.8, 4) is 0 Å². The third kappa shape index (κ3) is 2.72. The Morgan fingerprint density at radius 1 is 1.24 bits per heavy atom. The SMILES string of the molecule is CC1(SCc2cccc3ccccc23)C(=O)CCCC1O. The molecule has 21 heavy (non-hydrogen) atoms. The summed E-state index contributed by atoms with van der Waals surface area (Å²) in [4.78, 5) is 12.2. The standard InChI is InChI=1S/C18H20O2S/c1-18(16(19)10-5-11-17(18)20)21-12-14-8-4-7-13-6-2-3-9-15(13)14/h2-4,6-9,16,19H,5,10-12H2,1H3. The molecule has 2 aromatic carbocycles. The number of carbonyl (C=O) groups excluding carboxylic acids is 1. The van der Waals surface area contributed by atoms with Gasteiger partial charge in [-0.15, -0.1) is 11.8 Å². The zero-order chi connectivity index (χ0) is 14.9. The molecule has 1 N–H and O–H groups in total. The van der Waals surface area contributed by atoms with E-state index in [1.807, 2.05) is 19.1 Å². The van der Waals surface area contributed by atoms with Crippen molar-refractivity contribution >= 4 is 28.3 Å². The van der Waals surface area contributed by atoms with Crippen molar-refractivity contribution in [2.45, 2.75) is 42.8 Å². The highest BCUT2D eigenvalue weighted by Crippen LogP contribution is 2.39. The molecule has 0 amide bonds. The molecule has 2 nitrogen and oxygen atoms in total. The lowest BCUT2D eigenvalue weighted by Gasteiger charge is -2.36. The third-order valence-corrected chi connectivity index (χ3v) is 6.03. The largest absolute Gasteiger partial charge is 0.391 e. The predicted molar refractivity (Wildman–Crippen MR) is 88.5 cm³/mol.